The second kappa shape index (κ2) is 9.74. The molecule has 3 aliphatic carbocycles. The molecule has 0 heterocycles. The summed E-state index contributed by atoms with van der Waals surface area (Å²) < 4.78 is 19.1. The van der Waals surface area contributed by atoms with E-state index in [1.54, 1.807) is 0 Å². The predicted octanol–water partition coefficient (Wildman–Crippen LogP) is 4.53. The SMILES string of the molecule is [SiH3]C(OC1CCCCC1)=C(OC1CCCCC1)OC1CCCCC1. The first kappa shape index (κ1) is 18.2. The van der Waals surface area contributed by atoms with E-state index in [0.29, 0.717) is 18.3 Å². The molecule has 0 spiro atoms. The molecule has 24 heavy (non-hydrogen) atoms. The van der Waals surface area contributed by atoms with E-state index in [-0.39, 0.29) is 0 Å². The van der Waals surface area contributed by atoms with Gasteiger partial charge < -0.3 is 14.2 Å². The topological polar surface area (TPSA) is 27.7 Å². The van der Waals surface area contributed by atoms with Crippen LogP contribution in [0.15, 0.2) is 11.3 Å². The lowest BCUT2D eigenvalue weighted by atomic mass is 9.97. The summed E-state index contributed by atoms with van der Waals surface area (Å²) in [4.78, 5) is 0. The normalized spacial score (nSPS) is 24.5. The molecule has 0 bridgehead atoms. The van der Waals surface area contributed by atoms with E-state index >= 15 is 0 Å². The van der Waals surface area contributed by atoms with Crippen molar-refractivity contribution in [3.8, 4) is 0 Å². The zero-order valence-electron chi connectivity index (χ0n) is 15.6. The molecule has 0 aromatic heterocycles. The Hall–Kier alpha value is -0.643. The van der Waals surface area contributed by atoms with Crippen LogP contribution in [0.2, 0.25) is 0 Å². The van der Waals surface area contributed by atoms with E-state index in [1.165, 1.54) is 96.3 Å². The Morgan fingerprint density at radius 1 is 0.500 bits per heavy atom. The van der Waals surface area contributed by atoms with Crippen LogP contribution in [-0.4, -0.2) is 28.6 Å². The van der Waals surface area contributed by atoms with E-state index < -0.39 is 0 Å². The van der Waals surface area contributed by atoms with Crippen LogP contribution in [0.1, 0.15) is 96.3 Å². The van der Waals surface area contributed by atoms with Gasteiger partial charge in [-0.2, -0.15) is 0 Å². The van der Waals surface area contributed by atoms with E-state index in [9.17, 15) is 0 Å². The molecule has 3 nitrogen and oxygen atoms in total. The first-order chi connectivity index (χ1) is 11.8. The molecule has 0 N–H and O–H groups in total. The Morgan fingerprint density at radius 3 is 1.21 bits per heavy atom. The summed E-state index contributed by atoms with van der Waals surface area (Å²) in [6, 6.07) is 0. The van der Waals surface area contributed by atoms with Crippen molar-refractivity contribution < 1.29 is 14.2 Å². The minimum Gasteiger partial charge on any atom is -0.494 e. The van der Waals surface area contributed by atoms with Crippen molar-refractivity contribution in [2.45, 2.75) is 115 Å². The summed E-state index contributed by atoms with van der Waals surface area (Å²) >= 11 is 0. The minimum absolute atomic E-state index is 0.344. The Balaban J connectivity index is 1.62. The standard InChI is InChI=1S/C20H36O3Si/c24-20(23-18-14-8-3-9-15-18)19(21-16-10-4-1-5-11-16)22-17-12-6-2-7-13-17/h16-18H,1-15H2,24H3. The molecule has 0 saturated heterocycles. The van der Waals surface area contributed by atoms with Gasteiger partial charge in [0.1, 0.15) is 17.6 Å². The third-order valence-electron chi connectivity index (χ3n) is 5.83. The Bertz CT molecular complexity index is 370. The van der Waals surface area contributed by atoms with Crippen LogP contribution in [0.3, 0.4) is 0 Å². The average Bonchev–Trinajstić information content (AvgIpc) is 2.64. The van der Waals surface area contributed by atoms with Gasteiger partial charge in [-0.1, -0.05) is 19.3 Å². The summed E-state index contributed by atoms with van der Waals surface area (Å²) in [5, 5.41) is 1.03. The van der Waals surface area contributed by atoms with Gasteiger partial charge in [0.25, 0.3) is 0 Å². The van der Waals surface area contributed by atoms with Gasteiger partial charge in [-0.3, -0.25) is 0 Å². The molecule has 138 valence electrons. The van der Waals surface area contributed by atoms with Crippen LogP contribution < -0.4 is 0 Å². The second-order valence-corrected chi connectivity index (χ2v) is 8.89. The lowest BCUT2D eigenvalue weighted by molar-refractivity contribution is -0.0712. The molecule has 0 unspecified atom stereocenters. The van der Waals surface area contributed by atoms with Gasteiger partial charge in [0.2, 0.25) is 0 Å². The molecule has 3 rings (SSSR count). The fourth-order valence-electron chi connectivity index (χ4n) is 4.34. The van der Waals surface area contributed by atoms with Crippen LogP contribution >= 0.6 is 0 Å². The van der Waals surface area contributed by atoms with Crippen molar-refractivity contribution in [3.63, 3.8) is 0 Å². The van der Waals surface area contributed by atoms with Crippen LogP contribution in [-0.2, 0) is 14.2 Å². The highest BCUT2D eigenvalue weighted by molar-refractivity contribution is 6.20. The molecule has 0 radical (unpaired) electrons. The molecule has 4 heteroatoms. The smallest absolute Gasteiger partial charge is 0.312 e. The van der Waals surface area contributed by atoms with Crippen LogP contribution in [0.5, 0.6) is 0 Å². The van der Waals surface area contributed by atoms with E-state index in [4.69, 9.17) is 14.2 Å². The largest absolute Gasteiger partial charge is 0.494 e. The van der Waals surface area contributed by atoms with Gasteiger partial charge in [-0.05, 0) is 77.0 Å². The highest BCUT2D eigenvalue weighted by atomic mass is 28.1. The van der Waals surface area contributed by atoms with Crippen molar-refractivity contribution in [3.05, 3.63) is 11.3 Å². The summed E-state index contributed by atoms with van der Waals surface area (Å²) in [5.41, 5.74) is 0. The van der Waals surface area contributed by atoms with Gasteiger partial charge in [-0.25, -0.2) is 0 Å². The minimum atomic E-state index is 0.344. The summed E-state index contributed by atoms with van der Waals surface area (Å²) in [7, 11) is 0.874. The molecule has 3 saturated carbocycles. The molecule has 3 fully saturated rings. The number of hydrogen-bond donors (Lipinski definition) is 0. The molecular formula is C20H36O3Si. The highest BCUT2D eigenvalue weighted by Crippen LogP contribution is 2.29. The maximum Gasteiger partial charge on any atom is 0.312 e. The van der Waals surface area contributed by atoms with Crippen molar-refractivity contribution in [1.29, 1.82) is 0 Å². The van der Waals surface area contributed by atoms with Gasteiger partial charge in [0, 0.05) is 0 Å². The van der Waals surface area contributed by atoms with Crippen molar-refractivity contribution in [2.75, 3.05) is 0 Å². The number of ether oxygens (including phenoxy) is 3. The lowest BCUT2D eigenvalue weighted by Crippen LogP contribution is -2.25. The molecular weight excluding hydrogens is 316 g/mol. The van der Waals surface area contributed by atoms with E-state index in [1.807, 2.05) is 0 Å². The Kier molecular flexibility index (Phi) is 7.37. The zero-order chi connectivity index (χ0) is 16.6. The van der Waals surface area contributed by atoms with Crippen molar-refractivity contribution >= 4 is 10.2 Å². The first-order valence-electron chi connectivity index (χ1n) is 10.5. The molecule has 0 amide bonds. The third kappa shape index (κ3) is 5.71. The second-order valence-electron chi connectivity index (χ2n) is 7.98. The van der Waals surface area contributed by atoms with Crippen LogP contribution in [0.4, 0.5) is 0 Å². The van der Waals surface area contributed by atoms with Gasteiger partial charge in [-0.15, -0.1) is 0 Å². The summed E-state index contributed by atoms with van der Waals surface area (Å²) in [5.74, 6) is 0.769. The van der Waals surface area contributed by atoms with Crippen LogP contribution in [0.25, 0.3) is 0 Å². The number of rotatable bonds is 6. The molecule has 0 aliphatic heterocycles. The quantitative estimate of drug-likeness (QED) is 0.519. The van der Waals surface area contributed by atoms with Gasteiger partial charge >= 0.3 is 5.95 Å². The maximum atomic E-state index is 6.36. The fourth-order valence-corrected chi connectivity index (χ4v) is 4.91. The maximum absolute atomic E-state index is 6.36. The average molecular weight is 353 g/mol. The first-order valence-corrected chi connectivity index (χ1v) is 11.5. The molecule has 3 aliphatic rings. The third-order valence-corrected chi connectivity index (χ3v) is 6.48. The molecule has 0 atom stereocenters. The number of hydrogen-bond acceptors (Lipinski definition) is 3. The van der Waals surface area contributed by atoms with E-state index in [2.05, 4.69) is 0 Å². The lowest BCUT2D eigenvalue weighted by Gasteiger charge is -2.30. The summed E-state index contributed by atoms with van der Waals surface area (Å²) in [6.07, 6.45) is 20.1. The van der Waals surface area contributed by atoms with Crippen molar-refractivity contribution in [2.24, 2.45) is 0 Å². The predicted molar refractivity (Wildman–Crippen MR) is 101 cm³/mol. The molecule has 0 aromatic rings. The highest BCUT2D eigenvalue weighted by Gasteiger charge is 2.24. The van der Waals surface area contributed by atoms with Gasteiger partial charge in [0.05, 0.1) is 16.3 Å². The zero-order valence-corrected chi connectivity index (χ0v) is 17.6. The Labute approximate surface area is 150 Å². The van der Waals surface area contributed by atoms with Gasteiger partial charge in [0.15, 0.2) is 0 Å². The monoisotopic (exact) mass is 352 g/mol. The summed E-state index contributed by atoms with van der Waals surface area (Å²) in [6.45, 7) is 0. The van der Waals surface area contributed by atoms with Crippen molar-refractivity contribution in [1.82, 2.24) is 0 Å². The Morgan fingerprint density at radius 2 is 0.833 bits per heavy atom. The van der Waals surface area contributed by atoms with E-state index in [0.717, 1.165) is 21.6 Å². The fraction of sp³-hybridized carbons (Fsp3) is 0.900. The van der Waals surface area contributed by atoms with Crippen LogP contribution in [0, 0.1) is 0 Å². The molecule has 0 aromatic carbocycles.